The second-order valence-corrected chi connectivity index (χ2v) is 5.14. The zero-order chi connectivity index (χ0) is 13.2. The van der Waals surface area contributed by atoms with Gasteiger partial charge in [-0.3, -0.25) is 9.89 Å². The summed E-state index contributed by atoms with van der Waals surface area (Å²) < 4.78 is 0. The van der Waals surface area contributed by atoms with Crippen molar-refractivity contribution in [1.82, 2.24) is 15.5 Å². The Labute approximate surface area is 112 Å². The fraction of sp³-hybridized carbons (Fsp3) is 0.333. The van der Waals surface area contributed by atoms with Gasteiger partial charge in [0.05, 0.1) is 12.2 Å². The molecule has 3 rings (SSSR count). The second-order valence-electron chi connectivity index (χ2n) is 5.14. The molecule has 2 N–H and O–H groups in total. The SMILES string of the molecule is CC(NC(=O)C1Cc2ccccc2C1)c1cn[nH]c1. The summed E-state index contributed by atoms with van der Waals surface area (Å²) in [6.07, 6.45) is 5.25. The number of rotatable bonds is 3. The maximum absolute atomic E-state index is 12.3. The van der Waals surface area contributed by atoms with E-state index in [-0.39, 0.29) is 17.9 Å². The molecule has 0 bridgehead atoms. The van der Waals surface area contributed by atoms with E-state index in [0.717, 1.165) is 18.4 Å². The van der Waals surface area contributed by atoms with Gasteiger partial charge in [-0.05, 0) is 30.9 Å². The summed E-state index contributed by atoms with van der Waals surface area (Å²) in [4.78, 5) is 12.3. The lowest BCUT2D eigenvalue weighted by atomic mass is 10.0. The summed E-state index contributed by atoms with van der Waals surface area (Å²) >= 11 is 0. The molecule has 19 heavy (non-hydrogen) atoms. The molecule has 0 saturated heterocycles. The van der Waals surface area contributed by atoms with E-state index in [1.807, 2.05) is 25.3 Å². The first-order valence-corrected chi connectivity index (χ1v) is 6.60. The summed E-state index contributed by atoms with van der Waals surface area (Å²) in [5.41, 5.74) is 3.61. The second kappa shape index (κ2) is 4.88. The maximum Gasteiger partial charge on any atom is 0.224 e. The third kappa shape index (κ3) is 2.38. The van der Waals surface area contributed by atoms with Gasteiger partial charge in [0.1, 0.15) is 0 Å². The number of hydrogen-bond donors (Lipinski definition) is 2. The number of fused-ring (bicyclic) bond motifs is 1. The first-order valence-electron chi connectivity index (χ1n) is 6.60. The van der Waals surface area contributed by atoms with Gasteiger partial charge in [0.2, 0.25) is 5.91 Å². The molecule has 0 fully saturated rings. The number of carbonyl (C=O) groups excluding carboxylic acids is 1. The van der Waals surface area contributed by atoms with E-state index in [4.69, 9.17) is 0 Å². The highest BCUT2D eigenvalue weighted by molar-refractivity contribution is 5.80. The van der Waals surface area contributed by atoms with Crippen LogP contribution in [0.4, 0.5) is 0 Å². The van der Waals surface area contributed by atoms with E-state index in [1.165, 1.54) is 11.1 Å². The Balaban J connectivity index is 1.64. The minimum Gasteiger partial charge on any atom is -0.349 e. The van der Waals surface area contributed by atoms with Crippen LogP contribution in [-0.2, 0) is 17.6 Å². The normalized spacial score (nSPS) is 16.1. The molecule has 1 aliphatic carbocycles. The number of H-pyrrole nitrogens is 1. The van der Waals surface area contributed by atoms with Crippen molar-refractivity contribution < 1.29 is 4.79 Å². The van der Waals surface area contributed by atoms with Crippen LogP contribution in [0.3, 0.4) is 0 Å². The lowest BCUT2D eigenvalue weighted by Gasteiger charge is -2.15. The number of amides is 1. The Morgan fingerprint density at radius 1 is 1.37 bits per heavy atom. The minimum absolute atomic E-state index is 0.00466. The van der Waals surface area contributed by atoms with Crippen LogP contribution in [0.5, 0.6) is 0 Å². The molecule has 1 unspecified atom stereocenters. The van der Waals surface area contributed by atoms with E-state index in [9.17, 15) is 4.79 Å². The average molecular weight is 255 g/mol. The topological polar surface area (TPSA) is 57.8 Å². The summed E-state index contributed by atoms with van der Waals surface area (Å²) in [6, 6.07) is 8.29. The molecule has 2 aromatic rings. The van der Waals surface area contributed by atoms with Crippen LogP contribution in [0.15, 0.2) is 36.7 Å². The van der Waals surface area contributed by atoms with Crippen molar-refractivity contribution in [3.05, 3.63) is 53.3 Å². The number of aromatic nitrogens is 2. The number of benzene rings is 1. The van der Waals surface area contributed by atoms with Crippen LogP contribution in [0.1, 0.15) is 29.7 Å². The van der Waals surface area contributed by atoms with Crippen molar-refractivity contribution in [2.75, 3.05) is 0 Å². The van der Waals surface area contributed by atoms with E-state index in [1.54, 1.807) is 6.20 Å². The number of nitrogens with one attached hydrogen (secondary N) is 2. The smallest absolute Gasteiger partial charge is 0.224 e. The maximum atomic E-state index is 12.3. The average Bonchev–Trinajstić information content (AvgIpc) is 3.07. The Morgan fingerprint density at radius 2 is 2.05 bits per heavy atom. The predicted molar refractivity (Wildman–Crippen MR) is 72.5 cm³/mol. The highest BCUT2D eigenvalue weighted by Crippen LogP contribution is 2.27. The molecule has 1 aliphatic rings. The first kappa shape index (κ1) is 12.0. The van der Waals surface area contributed by atoms with Crippen LogP contribution in [0, 0.1) is 5.92 Å². The molecule has 1 amide bonds. The van der Waals surface area contributed by atoms with Gasteiger partial charge in [0.15, 0.2) is 0 Å². The molecule has 1 aromatic heterocycles. The number of hydrogen-bond acceptors (Lipinski definition) is 2. The Bertz CT molecular complexity index is 552. The van der Waals surface area contributed by atoms with Crippen molar-refractivity contribution in [2.45, 2.75) is 25.8 Å². The Kier molecular flexibility index (Phi) is 3.07. The quantitative estimate of drug-likeness (QED) is 0.881. The van der Waals surface area contributed by atoms with Crippen LogP contribution < -0.4 is 5.32 Å². The monoisotopic (exact) mass is 255 g/mol. The van der Waals surface area contributed by atoms with Gasteiger partial charge in [-0.2, -0.15) is 5.10 Å². The molecule has 1 aromatic carbocycles. The van der Waals surface area contributed by atoms with Gasteiger partial charge < -0.3 is 5.32 Å². The van der Waals surface area contributed by atoms with Crippen molar-refractivity contribution in [3.8, 4) is 0 Å². The van der Waals surface area contributed by atoms with Crippen LogP contribution in [-0.4, -0.2) is 16.1 Å². The third-order valence-corrected chi connectivity index (χ3v) is 3.80. The fourth-order valence-corrected chi connectivity index (χ4v) is 2.66. The van der Waals surface area contributed by atoms with Crippen molar-refractivity contribution in [1.29, 1.82) is 0 Å². The Morgan fingerprint density at radius 3 is 2.63 bits per heavy atom. The Hall–Kier alpha value is -2.10. The zero-order valence-corrected chi connectivity index (χ0v) is 10.9. The van der Waals surface area contributed by atoms with Crippen molar-refractivity contribution in [3.63, 3.8) is 0 Å². The largest absolute Gasteiger partial charge is 0.349 e. The van der Waals surface area contributed by atoms with Crippen LogP contribution >= 0.6 is 0 Å². The summed E-state index contributed by atoms with van der Waals surface area (Å²) in [6.45, 7) is 1.98. The molecule has 1 heterocycles. The lowest BCUT2D eigenvalue weighted by Crippen LogP contribution is -2.33. The standard InChI is InChI=1S/C15H17N3O/c1-10(14-8-16-17-9-14)18-15(19)13-6-11-4-2-3-5-12(11)7-13/h2-5,8-10,13H,6-7H2,1H3,(H,16,17)(H,18,19). The summed E-state index contributed by atoms with van der Waals surface area (Å²) in [5.74, 6) is 0.191. The summed E-state index contributed by atoms with van der Waals surface area (Å²) in [5, 5.41) is 9.73. The molecule has 0 saturated carbocycles. The predicted octanol–water partition coefficient (Wildman–Crippen LogP) is 2.00. The first-order chi connectivity index (χ1) is 9.24. The van der Waals surface area contributed by atoms with Crippen molar-refractivity contribution in [2.24, 2.45) is 5.92 Å². The van der Waals surface area contributed by atoms with Gasteiger partial charge >= 0.3 is 0 Å². The molecule has 98 valence electrons. The molecule has 0 radical (unpaired) electrons. The van der Waals surface area contributed by atoms with E-state index >= 15 is 0 Å². The van der Waals surface area contributed by atoms with Gasteiger partial charge in [-0.1, -0.05) is 24.3 Å². The van der Waals surface area contributed by atoms with Gasteiger partial charge in [0, 0.05) is 17.7 Å². The fourth-order valence-electron chi connectivity index (χ4n) is 2.66. The lowest BCUT2D eigenvalue weighted by molar-refractivity contribution is -0.125. The number of nitrogens with zero attached hydrogens (tertiary/aromatic N) is 1. The molecule has 4 heteroatoms. The zero-order valence-electron chi connectivity index (χ0n) is 10.9. The van der Waals surface area contributed by atoms with E-state index < -0.39 is 0 Å². The number of carbonyl (C=O) groups is 1. The molecule has 1 atom stereocenters. The molecular weight excluding hydrogens is 238 g/mol. The van der Waals surface area contributed by atoms with Crippen molar-refractivity contribution >= 4 is 5.91 Å². The third-order valence-electron chi connectivity index (χ3n) is 3.80. The van der Waals surface area contributed by atoms with E-state index in [2.05, 4.69) is 27.6 Å². The van der Waals surface area contributed by atoms with Crippen LogP contribution in [0.2, 0.25) is 0 Å². The van der Waals surface area contributed by atoms with Gasteiger partial charge in [-0.25, -0.2) is 0 Å². The molecule has 4 nitrogen and oxygen atoms in total. The minimum atomic E-state index is -0.00466. The summed E-state index contributed by atoms with van der Waals surface area (Å²) in [7, 11) is 0. The van der Waals surface area contributed by atoms with Gasteiger partial charge in [0.25, 0.3) is 0 Å². The number of aromatic amines is 1. The highest BCUT2D eigenvalue weighted by atomic mass is 16.1. The van der Waals surface area contributed by atoms with Gasteiger partial charge in [-0.15, -0.1) is 0 Å². The molecule has 0 spiro atoms. The van der Waals surface area contributed by atoms with E-state index in [0.29, 0.717) is 0 Å². The molecular formula is C15H17N3O. The van der Waals surface area contributed by atoms with Crippen LogP contribution in [0.25, 0.3) is 0 Å². The highest BCUT2D eigenvalue weighted by Gasteiger charge is 2.27. The molecule has 0 aliphatic heterocycles.